The van der Waals surface area contributed by atoms with E-state index in [1.807, 2.05) is 36.4 Å². The van der Waals surface area contributed by atoms with Crippen LogP contribution in [0.5, 0.6) is 0 Å². The van der Waals surface area contributed by atoms with Crippen LogP contribution in [-0.4, -0.2) is 36.0 Å². The molecule has 1 aromatic heterocycles. The molecule has 3 aliphatic rings. The minimum absolute atomic E-state index is 0.110. The van der Waals surface area contributed by atoms with Gasteiger partial charge in [-0.05, 0) is 75.2 Å². The van der Waals surface area contributed by atoms with Crippen LogP contribution in [0.1, 0.15) is 30.3 Å². The molecular formula is C25H26N2O2S. The van der Waals surface area contributed by atoms with Crippen LogP contribution in [0.3, 0.4) is 0 Å². The van der Waals surface area contributed by atoms with Crippen LogP contribution >= 0.6 is 11.8 Å². The number of piperidine rings is 3. The van der Waals surface area contributed by atoms with Gasteiger partial charge in [-0.2, -0.15) is 0 Å². The summed E-state index contributed by atoms with van der Waals surface area (Å²) in [6.07, 6.45) is 2.34. The van der Waals surface area contributed by atoms with Crippen molar-refractivity contribution in [2.24, 2.45) is 5.92 Å². The standard InChI is InChI=1S/C25H26N2O2S/c1-17-24(18-12-14-27(17)15-13-18)26-25(28)23-11-10-22(29-23)19-6-5-9-21(16-19)30-20-7-3-2-4-8-20/h2-11,16-18,24H,12-15H2,1H3,(H,26,28)/t17-,24-/m0/s1. The van der Waals surface area contributed by atoms with Gasteiger partial charge in [0.1, 0.15) is 5.76 Å². The number of nitrogens with zero attached hydrogens (tertiary/aromatic N) is 1. The van der Waals surface area contributed by atoms with Gasteiger partial charge in [-0.15, -0.1) is 0 Å². The summed E-state index contributed by atoms with van der Waals surface area (Å²) in [5.41, 5.74) is 0.978. The van der Waals surface area contributed by atoms with Crippen LogP contribution in [-0.2, 0) is 0 Å². The van der Waals surface area contributed by atoms with Crippen molar-refractivity contribution < 1.29 is 9.21 Å². The van der Waals surface area contributed by atoms with Gasteiger partial charge in [-0.1, -0.05) is 42.1 Å². The highest BCUT2D eigenvalue weighted by molar-refractivity contribution is 7.99. The van der Waals surface area contributed by atoms with Crippen LogP contribution in [0.2, 0.25) is 0 Å². The zero-order valence-corrected chi connectivity index (χ0v) is 17.9. The highest BCUT2D eigenvalue weighted by atomic mass is 32.2. The molecule has 3 saturated heterocycles. The van der Waals surface area contributed by atoms with Crippen LogP contribution in [0.4, 0.5) is 0 Å². The number of amides is 1. The molecule has 2 atom stereocenters. The third-order valence-corrected chi connectivity index (χ3v) is 7.40. The third kappa shape index (κ3) is 3.92. The van der Waals surface area contributed by atoms with Gasteiger partial charge in [0.15, 0.2) is 5.76 Å². The summed E-state index contributed by atoms with van der Waals surface area (Å²) in [6.45, 7) is 4.53. The Morgan fingerprint density at radius 2 is 1.77 bits per heavy atom. The topological polar surface area (TPSA) is 45.5 Å². The SMILES string of the molecule is C[C@H]1[C@H](NC(=O)c2ccc(-c3cccc(Sc4ccccc4)c3)o2)C2CCN1CC2. The molecule has 3 aliphatic heterocycles. The molecule has 2 bridgehead atoms. The number of hydrogen-bond acceptors (Lipinski definition) is 4. The van der Waals surface area contributed by atoms with E-state index >= 15 is 0 Å². The number of benzene rings is 2. The summed E-state index contributed by atoms with van der Waals surface area (Å²) in [4.78, 5) is 17.7. The maximum absolute atomic E-state index is 12.9. The number of fused-ring (bicyclic) bond motifs is 3. The lowest BCUT2D eigenvalue weighted by Gasteiger charge is -2.49. The van der Waals surface area contributed by atoms with Gasteiger partial charge >= 0.3 is 0 Å². The fourth-order valence-corrected chi connectivity index (χ4v) is 5.62. The molecular weight excluding hydrogens is 392 g/mol. The minimum atomic E-state index is -0.110. The molecule has 0 radical (unpaired) electrons. The second-order valence-corrected chi connectivity index (χ2v) is 9.37. The zero-order chi connectivity index (χ0) is 20.5. The molecule has 5 heteroatoms. The highest BCUT2D eigenvalue weighted by Gasteiger charge is 2.40. The molecule has 154 valence electrons. The molecule has 0 saturated carbocycles. The van der Waals surface area contributed by atoms with Crippen LogP contribution in [0, 0.1) is 5.92 Å². The van der Waals surface area contributed by atoms with Gasteiger partial charge < -0.3 is 9.73 Å². The highest BCUT2D eigenvalue weighted by Crippen LogP contribution is 2.33. The Morgan fingerprint density at radius 3 is 2.53 bits per heavy atom. The molecule has 4 heterocycles. The maximum atomic E-state index is 12.9. The summed E-state index contributed by atoms with van der Waals surface area (Å²) < 4.78 is 5.96. The van der Waals surface area contributed by atoms with E-state index in [0.717, 1.165) is 29.3 Å². The fourth-order valence-electron chi connectivity index (χ4n) is 4.72. The minimum Gasteiger partial charge on any atom is -0.451 e. The van der Waals surface area contributed by atoms with Crippen molar-refractivity contribution >= 4 is 17.7 Å². The normalized spacial score (nSPS) is 25.2. The molecule has 1 N–H and O–H groups in total. The molecule has 3 aromatic rings. The summed E-state index contributed by atoms with van der Waals surface area (Å²) >= 11 is 1.71. The monoisotopic (exact) mass is 418 g/mol. The van der Waals surface area contributed by atoms with Crippen molar-refractivity contribution in [3.05, 3.63) is 72.5 Å². The predicted octanol–water partition coefficient (Wildman–Crippen LogP) is 5.31. The largest absolute Gasteiger partial charge is 0.451 e. The van der Waals surface area contributed by atoms with E-state index in [1.54, 1.807) is 17.8 Å². The third-order valence-electron chi connectivity index (χ3n) is 6.40. The lowest BCUT2D eigenvalue weighted by atomic mass is 9.79. The van der Waals surface area contributed by atoms with E-state index in [9.17, 15) is 4.79 Å². The van der Waals surface area contributed by atoms with Crippen LogP contribution in [0.25, 0.3) is 11.3 Å². The molecule has 6 rings (SSSR count). The van der Waals surface area contributed by atoms with Crippen molar-refractivity contribution in [1.82, 2.24) is 10.2 Å². The first-order chi connectivity index (χ1) is 14.7. The van der Waals surface area contributed by atoms with Gasteiger partial charge in [0, 0.05) is 27.4 Å². The van der Waals surface area contributed by atoms with Gasteiger partial charge in [-0.25, -0.2) is 0 Å². The van der Waals surface area contributed by atoms with Gasteiger partial charge in [-0.3, -0.25) is 9.69 Å². The fraction of sp³-hybridized carbons (Fsp3) is 0.320. The first-order valence-corrected chi connectivity index (χ1v) is 11.5. The Hall–Kier alpha value is -2.50. The van der Waals surface area contributed by atoms with Crippen molar-refractivity contribution in [1.29, 1.82) is 0 Å². The molecule has 1 amide bonds. The van der Waals surface area contributed by atoms with Crippen molar-refractivity contribution in [3.8, 4) is 11.3 Å². The summed E-state index contributed by atoms with van der Waals surface area (Å²) in [5.74, 6) is 1.57. The molecule has 3 fully saturated rings. The average molecular weight is 419 g/mol. The number of carbonyl (C=O) groups excluding carboxylic acids is 1. The van der Waals surface area contributed by atoms with E-state index < -0.39 is 0 Å². The molecule has 2 aromatic carbocycles. The Kier molecular flexibility index (Phi) is 5.40. The van der Waals surface area contributed by atoms with Crippen molar-refractivity contribution in [3.63, 3.8) is 0 Å². The maximum Gasteiger partial charge on any atom is 0.287 e. The lowest BCUT2D eigenvalue weighted by molar-refractivity contribution is 0.0211. The van der Waals surface area contributed by atoms with E-state index in [4.69, 9.17) is 4.42 Å². The Morgan fingerprint density at radius 1 is 1.00 bits per heavy atom. The lowest BCUT2D eigenvalue weighted by Crippen LogP contribution is -2.62. The van der Waals surface area contributed by atoms with E-state index in [1.165, 1.54) is 17.7 Å². The second kappa shape index (κ2) is 8.32. The summed E-state index contributed by atoms with van der Waals surface area (Å²) in [7, 11) is 0. The number of nitrogens with one attached hydrogen (secondary N) is 1. The number of carbonyl (C=O) groups is 1. The van der Waals surface area contributed by atoms with Crippen LogP contribution in [0.15, 0.2) is 80.9 Å². The Bertz CT molecular complexity index is 1020. The summed E-state index contributed by atoms with van der Waals surface area (Å²) in [6, 6.07) is 22.8. The summed E-state index contributed by atoms with van der Waals surface area (Å²) in [5, 5.41) is 3.25. The van der Waals surface area contributed by atoms with Gasteiger partial charge in [0.2, 0.25) is 0 Å². The smallest absolute Gasteiger partial charge is 0.287 e. The molecule has 4 nitrogen and oxygen atoms in total. The van der Waals surface area contributed by atoms with Crippen LogP contribution < -0.4 is 5.32 Å². The van der Waals surface area contributed by atoms with E-state index in [0.29, 0.717) is 17.7 Å². The second-order valence-electron chi connectivity index (χ2n) is 8.22. The molecule has 0 unspecified atom stereocenters. The van der Waals surface area contributed by atoms with Gasteiger partial charge in [0.05, 0.1) is 0 Å². The molecule has 0 spiro atoms. The van der Waals surface area contributed by atoms with E-state index in [2.05, 4.69) is 41.4 Å². The average Bonchev–Trinajstić information content (AvgIpc) is 3.28. The first-order valence-electron chi connectivity index (χ1n) is 10.7. The number of furan rings is 1. The van der Waals surface area contributed by atoms with E-state index in [-0.39, 0.29) is 11.9 Å². The van der Waals surface area contributed by atoms with Crippen molar-refractivity contribution in [2.75, 3.05) is 13.1 Å². The zero-order valence-electron chi connectivity index (χ0n) is 17.1. The number of hydrogen-bond donors (Lipinski definition) is 1. The quantitative estimate of drug-likeness (QED) is 0.610. The molecule has 0 aliphatic carbocycles. The van der Waals surface area contributed by atoms with Gasteiger partial charge in [0.25, 0.3) is 5.91 Å². The van der Waals surface area contributed by atoms with Crippen molar-refractivity contribution in [2.45, 2.75) is 41.6 Å². The number of rotatable bonds is 5. The molecule has 30 heavy (non-hydrogen) atoms. The Labute approximate surface area is 181 Å². The predicted molar refractivity (Wildman–Crippen MR) is 120 cm³/mol. The Balaban J connectivity index is 1.29. The first kappa shape index (κ1) is 19.5.